The van der Waals surface area contributed by atoms with Crippen LogP contribution in [0, 0.1) is 0 Å². The van der Waals surface area contributed by atoms with Crippen LogP contribution in [-0.2, 0) is 23.2 Å². The van der Waals surface area contributed by atoms with Crippen molar-refractivity contribution in [1.82, 2.24) is 0 Å². The van der Waals surface area contributed by atoms with Crippen molar-refractivity contribution >= 4 is 0 Å². The van der Waals surface area contributed by atoms with Crippen molar-refractivity contribution in [3.8, 4) is 11.5 Å². The fourth-order valence-electron chi connectivity index (χ4n) is 3.54. The molecule has 1 atom stereocenters. The smallest absolute Gasteiger partial charge is 0.164 e. The molecule has 3 nitrogen and oxygen atoms in total. The van der Waals surface area contributed by atoms with Gasteiger partial charge in [-0.2, -0.15) is 0 Å². The lowest BCUT2D eigenvalue weighted by molar-refractivity contribution is 0.337. The van der Waals surface area contributed by atoms with Gasteiger partial charge in [0.15, 0.2) is 11.5 Å². The van der Waals surface area contributed by atoms with Crippen LogP contribution < -0.4 is 9.47 Å². The van der Waals surface area contributed by atoms with E-state index in [1.807, 2.05) is 6.07 Å². The molecule has 0 N–H and O–H groups in total. The summed E-state index contributed by atoms with van der Waals surface area (Å²) in [5.41, 5.74) is 4.83. The van der Waals surface area contributed by atoms with Gasteiger partial charge in [-0.1, -0.05) is 30.3 Å². The lowest BCUT2D eigenvalue weighted by Crippen LogP contribution is -2.13. The van der Waals surface area contributed by atoms with E-state index < -0.39 is 0 Å². The summed E-state index contributed by atoms with van der Waals surface area (Å²) in [5, 5.41) is 0. The Hall–Kier alpha value is -2.00. The van der Waals surface area contributed by atoms with Gasteiger partial charge in [0.05, 0.1) is 20.8 Å². The van der Waals surface area contributed by atoms with Crippen LogP contribution in [0.3, 0.4) is 0 Å². The number of benzene rings is 2. The average Bonchev–Trinajstić information content (AvgIpc) is 3.34. The molecule has 2 aromatic rings. The molecule has 1 heterocycles. The normalized spacial score (nSPS) is 22.2. The molecule has 1 aliphatic heterocycles. The maximum absolute atomic E-state index is 5.95. The SMILES string of the molecule is COc1ccc2c(c1OC)CCc1ccccc1C21CO1. The molecule has 3 heteroatoms. The van der Waals surface area contributed by atoms with E-state index in [9.17, 15) is 0 Å². The Morgan fingerprint density at radius 2 is 1.76 bits per heavy atom. The number of hydrogen-bond acceptors (Lipinski definition) is 3. The Kier molecular flexibility index (Phi) is 2.73. The number of rotatable bonds is 2. The summed E-state index contributed by atoms with van der Waals surface area (Å²) >= 11 is 0. The lowest BCUT2D eigenvalue weighted by Gasteiger charge is -2.19. The molecule has 0 radical (unpaired) electrons. The zero-order valence-electron chi connectivity index (χ0n) is 12.3. The zero-order valence-corrected chi connectivity index (χ0v) is 12.3. The molecule has 0 saturated carbocycles. The third kappa shape index (κ3) is 1.70. The third-order valence-corrected chi connectivity index (χ3v) is 4.61. The molecule has 1 unspecified atom stereocenters. The third-order valence-electron chi connectivity index (χ3n) is 4.61. The van der Waals surface area contributed by atoms with Gasteiger partial charge in [-0.3, -0.25) is 0 Å². The second-order valence-electron chi connectivity index (χ2n) is 5.60. The molecule has 1 saturated heterocycles. The van der Waals surface area contributed by atoms with Gasteiger partial charge in [0.25, 0.3) is 0 Å². The topological polar surface area (TPSA) is 31.0 Å². The molecule has 0 bridgehead atoms. The maximum atomic E-state index is 5.95. The first-order valence-electron chi connectivity index (χ1n) is 7.27. The molecular formula is C18H18O3. The van der Waals surface area contributed by atoms with Gasteiger partial charge in [0.2, 0.25) is 0 Å². The first-order valence-corrected chi connectivity index (χ1v) is 7.27. The Morgan fingerprint density at radius 1 is 0.952 bits per heavy atom. The summed E-state index contributed by atoms with van der Waals surface area (Å²) in [6.45, 7) is 0.743. The number of hydrogen-bond donors (Lipinski definition) is 0. The van der Waals surface area contributed by atoms with E-state index in [4.69, 9.17) is 14.2 Å². The second-order valence-corrected chi connectivity index (χ2v) is 5.60. The van der Waals surface area contributed by atoms with E-state index in [2.05, 4.69) is 30.3 Å². The summed E-state index contributed by atoms with van der Waals surface area (Å²) in [7, 11) is 3.38. The van der Waals surface area contributed by atoms with E-state index in [0.717, 1.165) is 30.9 Å². The molecule has 1 spiro atoms. The Labute approximate surface area is 124 Å². The first-order chi connectivity index (χ1) is 10.3. The minimum Gasteiger partial charge on any atom is -0.493 e. The highest BCUT2D eigenvalue weighted by molar-refractivity contribution is 5.59. The molecule has 108 valence electrons. The van der Waals surface area contributed by atoms with Crippen molar-refractivity contribution in [3.05, 3.63) is 58.7 Å². The van der Waals surface area contributed by atoms with Gasteiger partial charge in [-0.25, -0.2) is 0 Å². The molecule has 21 heavy (non-hydrogen) atoms. The van der Waals surface area contributed by atoms with Gasteiger partial charge in [0.1, 0.15) is 5.60 Å². The Bertz CT molecular complexity index is 702. The number of epoxide rings is 1. The quantitative estimate of drug-likeness (QED) is 0.793. The largest absolute Gasteiger partial charge is 0.493 e. The molecule has 0 amide bonds. The number of methoxy groups -OCH3 is 2. The predicted molar refractivity (Wildman–Crippen MR) is 80.1 cm³/mol. The van der Waals surface area contributed by atoms with Crippen LogP contribution in [0.15, 0.2) is 36.4 Å². The highest BCUT2D eigenvalue weighted by atomic mass is 16.6. The number of aryl methyl sites for hydroxylation is 1. The summed E-state index contributed by atoms with van der Waals surface area (Å²) in [6, 6.07) is 12.7. The van der Waals surface area contributed by atoms with Crippen LogP contribution in [0.25, 0.3) is 0 Å². The van der Waals surface area contributed by atoms with Crippen molar-refractivity contribution in [2.75, 3.05) is 20.8 Å². The van der Waals surface area contributed by atoms with Gasteiger partial charge < -0.3 is 14.2 Å². The molecule has 2 aromatic carbocycles. The molecule has 1 aliphatic carbocycles. The van der Waals surface area contributed by atoms with Crippen molar-refractivity contribution < 1.29 is 14.2 Å². The lowest BCUT2D eigenvalue weighted by atomic mass is 9.88. The molecular weight excluding hydrogens is 264 g/mol. The number of fused-ring (bicyclic) bond motifs is 4. The van der Waals surface area contributed by atoms with Crippen LogP contribution >= 0.6 is 0 Å². The van der Waals surface area contributed by atoms with E-state index in [-0.39, 0.29) is 5.60 Å². The molecule has 1 fully saturated rings. The predicted octanol–water partition coefficient (Wildman–Crippen LogP) is 3.08. The van der Waals surface area contributed by atoms with Gasteiger partial charge in [-0.15, -0.1) is 0 Å². The van der Waals surface area contributed by atoms with Gasteiger partial charge >= 0.3 is 0 Å². The average molecular weight is 282 g/mol. The van der Waals surface area contributed by atoms with Crippen molar-refractivity contribution in [3.63, 3.8) is 0 Å². The minimum atomic E-state index is -0.276. The van der Waals surface area contributed by atoms with Gasteiger partial charge in [-0.05, 0) is 35.6 Å². The van der Waals surface area contributed by atoms with Gasteiger partial charge in [0, 0.05) is 5.56 Å². The van der Waals surface area contributed by atoms with Crippen LogP contribution in [0.1, 0.15) is 22.3 Å². The molecule has 4 rings (SSSR count). The summed E-state index contributed by atoms with van der Waals surface area (Å²) < 4.78 is 17.0. The van der Waals surface area contributed by atoms with Crippen LogP contribution in [0.2, 0.25) is 0 Å². The monoisotopic (exact) mass is 282 g/mol. The molecule has 2 aliphatic rings. The van der Waals surface area contributed by atoms with Crippen LogP contribution in [0.4, 0.5) is 0 Å². The van der Waals surface area contributed by atoms with E-state index in [1.54, 1.807) is 14.2 Å². The van der Waals surface area contributed by atoms with Crippen molar-refractivity contribution in [1.29, 1.82) is 0 Å². The van der Waals surface area contributed by atoms with Crippen molar-refractivity contribution in [2.24, 2.45) is 0 Å². The first kappa shape index (κ1) is 12.7. The maximum Gasteiger partial charge on any atom is 0.164 e. The summed E-state index contributed by atoms with van der Waals surface area (Å²) in [6.07, 6.45) is 1.94. The second kappa shape index (κ2) is 4.50. The van der Waals surface area contributed by atoms with Crippen molar-refractivity contribution in [2.45, 2.75) is 18.4 Å². The fraction of sp³-hybridized carbons (Fsp3) is 0.333. The van der Waals surface area contributed by atoms with E-state index in [1.165, 1.54) is 22.3 Å². The standard InChI is InChI=1S/C18H18O3/c1-19-16-10-9-15-13(17(16)20-2)8-7-12-5-3-4-6-14(12)18(15)11-21-18/h3-6,9-10H,7-8,11H2,1-2H3. The Balaban J connectivity index is 1.96. The summed E-state index contributed by atoms with van der Waals surface area (Å²) in [5.74, 6) is 1.63. The summed E-state index contributed by atoms with van der Waals surface area (Å²) in [4.78, 5) is 0. The van der Waals surface area contributed by atoms with Crippen LogP contribution in [-0.4, -0.2) is 20.8 Å². The fourth-order valence-corrected chi connectivity index (χ4v) is 3.54. The zero-order chi connectivity index (χ0) is 14.4. The number of ether oxygens (including phenoxy) is 3. The highest BCUT2D eigenvalue weighted by Crippen LogP contribution is 2.52. The highest BCUT2D eigenvalue weighted by Gasteiger charge is 2.52. The van der Waals surface area contributed by atoms with E-state index >= 15 is 0 Å². The minimum absolute atomic E-state index is 0.276. The Morgan fingerprint density at radius 3 is 2.48 bits per heavy atom. The molecule has 0 aromatic heterocycles. The van der Waals surface area contributed by atoms with Crippen LogP contribution in [0.5, 0.6) is 11.5 Å². The van der Waals surface area contributed by atoms with E-state index in [0.29, 0.717) is 0 Å².